The van der Waals surface area contributed by atoms with Crippen molar-refractivity contribution in [3.05, 3.63) is 33.8 Å². The Morgan fingerprint density at radius 1 is 1.27 bits per heavy atom. The van der Waals surface area contributed by atoms with Crippen LogP contribution in [0.15, 0.2) is 22.6 Å². The Morgan fingerprint density at radius 2 is 1.93 bits per heavy atom. The van der Waals surface area contributed by atoms with Gasteiger partial charge in [-0.3, -0.25) is 0 Å². The van der Waals surface area contributed by atoms with Crippen molar-refractivity contribution < 1.29 is 13.2 Å². The minimum atomic E-state index is -3.81. The van der Waals surface area contributed by atoms with Crippen LogP contribution in [0.2, 0.25) is 10.0 Å². The first-order chi connectivity index (χ1) is 6.94. The van der Waals surface area contributed by atoms with Gasteiger partial charge in [0.2, 0.25) is 0 Å². The van der Waals surface area contributed by atoms with Gasteiger partial charge in [-0.1, -0.05) is 33.7 Å². The Balaban J connectivity index is 3.01. The van der Waals surface area contributed by atoms with Crippen LogP contribution in [-0.4, -0.2) is 14.5 Å². The molecule has 0 fully saturated rings. The molecule has 0 aliphatic heterocycles. The van der Waals surface area contributed by atoms with Gasteiger partial charge < -0.3 is 0 Å². The molecule has 0 aromatic heterocycles. The Hall–Kier alpha value is -0.870. The molecule has 0 saturated heterocycles. The molecule has 0 aliphatic rings. The lowest BCUT2D eigenvalue weighted by Gasteiger charge is -2.00. The quantitative estimate of drug-likeness (QED) is 0.622. The highest BCUT2D eigenvalue weighted by atomic mass is 35.5. The number of hydrogen-bond acceptors (Lipinski definition) is 3. The summed E-state index contributed by atoms with van der Waals surface area (Å²) in [5, 5.41) is 0.580. The zero-order valence-electron chi connectivity index (χ0n) is 7.28. The summed E-state index contributed by atoms with van der Waals surface area (Å²) in [5.41, 5.74) is 0.406. The Labute approximate surface area is 96.6 Å². The van der Waals surface area contributed by atoms with Crippen LogP contribution in [-0.2, 0) is 20.6 Å². The largest absolute Gasteiger partial charge is 0.267 e. The molecule has 0 heterocycles. The molecule has 80 valence electrons. The monoisotopic (exact) mass is 265 g/mol. The number of benzene rings is 1. The van der Waals surface area contributed by atoms with E-state index in [2.05, 4.69) is 4.40 Å². The molecule has 1 aromatic rings. The second kappa shape index (κ2) is 4.77. The van der Waals surface area contributed by atoms with E-state index in [9.17, 15) is 13.2 Å². The fraction of sp³-hybridized carbons (Fsp3) is 0.125. The standard InChI is InChI=1S/C8H5Cl2NO3S/c9-7-2-1-6(3-8(7)10)4-15(13,14)11-5-12/h1-3H,4H2. The molecule has 0 spiro atoms. The molecular weight excluding hydrogens is 261 g/mol. The maximum Gasteiger partial charge on any atom is 0.267 e. The number of sulfonamides is 1. The molecule has 0 unspecified atom stereocenters. The van der Waals surface area contributed by atoms with E-state index in [1.807, 2.05) is 0 Å². The zero-order chi connectivity index (χ0) is 11.5. The summed E-state index contributed by atoms with van der Waals surface area (Å²) in [6.45, 7) is 0. The number of hydrogen-bond donors (Lipinski definition) is 0. The van der Waals surface area contributed by atoms with E-state index in [0.717, 1.165) is 6.08 Å². The topological polar surface area (TPSA) is 63.6 Å². The van der Waals surface area contributed by atoms with Crippen LogP contribution in [0.1, 0.15) is 5.56 Å². The van der Waals surface area contributed by atoms with Crippen LogP contribution in [0.3, 0.4) is 0 Å². The van der Waals surface area contributed by atoms with Gasteiger partial charge in [0, 0.05) is 0 Å². The van der Waals surface area contributed by atoms with Crippen LogP contribution in [0.25, 0.3) is 0 Å². The van der Waals surface area contributed by atoms with Crippen molar-refractivity contribution in [1.82, 2.24) is 0 Å². The summed E-state index contributed by atoms with van der Waals surface area (Å²) in [5.74, 6) is -0.404. The highest BCUT2D eigenvalue weighted by Gasteiger charge is 2.10. The molecule has 0 atom stereocenters. The minimum Gasteiger partial charge on any atom is -0.210 e. The summed E-state index contributed by atoms with van der Waals surface area (Å²) in [7, 11) is -3.81. The number of halogens is 2. The number of isocyanates is 1. The second-order valence-corrected chi connectivity index (χ2v) is 5.11. The van der Waals surface area contributed by atoms with Crippen LogP contribution in [0, 0.1) is 0 Å². The van der Waals surface area contributed by atoms with Crippen molar-refractivity contribution in [1.29, 1.82) is 0 Å². The Bertz CT molecular complexity index is 521. The minimum absolute atomic E-state index is 0.249. The van der Waals surface area contributed by atoms with E-state index in [0.29, 0.717) is 10.6 Å². The predicted molar refractivity (Wildman–Crippen MR) is 57.2 cm³/mol. The number of rotatable bonds is 3. The van der Waals surface area contributed by atoms with Crippen molar-refractivity contribution in [3.63, 3.8) is 0 Å². The molecule has 1 rings (SSSR count). The molecule has 0 aliphatic carbocycles. The Kier molecular flexibility index (Phi) is 3.88. The van der Waals surface area contributed by atoms with Crippen LogP contribution in [0.5, 0.6) is 0 Å². The first-order valence-electron chi connectivity index (χ1n) is 3.70. The average Bonchev–Trinajstić information content (AvgIpc) is 2.10. The second-order valence-electron chi connectivity index (χ2n) is 2.66. The fourth-order valence-corrected chi connectivity index (χ4v) is 2.03. The van der Waals surface area contributed by atoms with Gasteiger partial charge in [-0.15, -0.1) is 0 Å². The molecule has 0 bridgehead atoms. The molecule has 4 nitrogen and oxygen atoms in total. The molecule has 15 heavy (non-hydrogen) atoms. The molecule has 0 amide bonds. The van der Waals surface area contributed by atoms with Gasteiger partial charge in [0.15, 0.2) is 0 Å². The highest BCUT2D eigenvalue weighted by molar-refractivity contribution is 7.89. The summed E-state index contributed by atoms with van der Waals surface area (Å²) in [6.07, 6.45) is 0.982. The van der Waals surface area contributed by atoms with Crippen LogP contribution in [0.4, 0.5) is 0 Å². The van der Waals surface area contributed by atoms with Crippen molar-refractivity contribution >= 4 is 39.3 Å². The zero-order valence-corrected chi connectivity index (χ0v) is 9.60. The average molecular weight is 266 g/mol. The maximum absolute atomic E-state index is 11.1. The molecule has 0 saturated carbocycles. The number of nitrogens with zero attached hydrogens (tertiary/aromatic N) is 1. The van der Waals surface area contributed by atoms with E-state index in [-0.39, 0.29) is 5.02 Å². The first kappa shape index (κ1) is 12.2. The third kappa shape index (κ3) is 3.64. The summed E-state index contributed by atoms with van der Waals surface area (Å²) in [6, 6.07) is 4.37. The lowest BCUT2D eigenvalue weighted by molar-refractivity contribution is 0.563. The van der Waals surface area contributed by atoms with Gasteiger partial charge in [0.25, 0.3) is 16.1 Å². The highest BCUT2D eigenvalue weighted by Crippen LogP contribution is 2.23. The molecule has 1 aromatic carbocycles. The van der Waals surface area contributed by atoms with Gasteiger partial charge in [0.1, 0.15) is 0 Å². The normalized spacial score (nSPS) is 10.8. The lowest BCUT2D eigenvalue weighted by Crippen LogP contribution is -1.99. The van der Waals surface area contributed by atoms with Crippen molar-refractivity contribution in [2.45, 2.75) is 5.75 Å². The van der Waals surface area contributed by atoms with E-state index in [4.69, 9.17) is 23.2 Å². The SMILES string of the molecule is O=C=NS(=O)(=O)Cc1ccc(Cl)c(Cl)c1. The number of carbonyl (C=O) groups excluding carboxylic acids is 1. The smallest absolute Gasteiger partial charge is 0.210 e. The maximum atomic E-state index is 11.1. The van der Waals surface area contributed by atoms with Crippen molar-refractivity contribution in [2.24, 2.45) is 4.40 Å². The summed E-state index contributed by atoms with van der Waals surface area (Å²) in [4.78, 5) is 9.81. The molecule has 7 heteroatoms. The van der Waals surface area contributed by atoms with Gasteiger partial charge in [-0.2, -0.15) is 0 Å². The van der Waals surface area contributed by atoms with Crippen molar-refractivity contribution in [3.8, 4) is 0 Å². The lowest BCUT2D eigenvalue weighted by atomic mass is 10.2. The van der Waals surface area contributed by atoms with E-state index in [1.54, 1.807) is 0 Å². The first-order valence-corrected chi connectivity index (χ1v) is 6.07. The molecule has 0 radical (unpaired) electrons. The third-order valence-electron chi connectivity index (χ3n) is 1.51. The summed E-state index contributed by atoms with van der Waals surface area (Å²) < 4.78 is 24.9. The van der Waals surface area contributed by atoms with E-state index >= 15 is 0 Å². The fourth-order valence-electron chi connectivity index (χ4n) is 0.929. The van der Waals surface area contributed by atoms with Gasteiger partial charge in [-0.05, 0) is 17.7 Å². The third-order valence-corrected chi connectivity index (χ3v) is 3.30. The van der Waals surface area contributed by atoms with Crippen LogP contribution < -0.4 is 0 Å². The van der Waals surface area contributed by atoms with Gasteiger partial charge in [-0.25, -0.2) is 13.2 Å². The van der Waals surface area contributed by atoms with E-state index in [1.165, 1.54) is 18.2 Å². The van der Waals surface area contributed by atoms with E-state index < -0.39 is 15.8 Å². The van der Waals surface area contributed by atoms with Crippen molar-refractivity contribution in [2.75, 3.05) is 0 Å². The molecule has 0 N–H and O–H groups in total. The van der Waals surface area contributed by atoms with Gasteiger partial charge >= 0.3 is 0 Å². The predicted octanol–water partition coefficient (Wildman–Crippen LogP) is 2.16. The van der Waals surface area contributed by atoms with Crippen LogP contribution >= 0.6 is 23.2 Å². The van der Waals surface area contributed by atoms with Gasteiger partial charge in [0.05, 0.1) is 15.8 Å². The molecular formula is C8H5Cl2NO3S. The summed E-state index contributed by atoms with van der Waals surface area (Å²) >= 11 is 11.3. The Morgan fingerprint density at radius 3 is 2.47 bits per heavy atom.